The molecular formula is C27H24FN3O6S. The van der Waals surface area contributed by atoms with Crippen LogP contribution in [0.15, 0.2) is 64.1 Å². The second-order valence-corrected chi connectivity index (χ2v) is 11.8. The molecule has 5 rings (SSSR count). The van der Waals surface area contributed by atoms with Gasteiger partial charge in [0, 0.05) is 17.3 Å². The van der Waals surface area contributed by atoms with Gasteiger partial charge in [0.2, 0.25) is 0 Å². The number of oxazole rings is 1. The standard InChI is InChI=1S/C27H24FN3O6S/c1-4-10-37-16-8-9-17(18(28)11-16)24-25-19(12-27(2,3)14-38(25,34)35)30-23-21(6-5-7-22(23)32)31(24)26(33)20-13-36-15-29-20/h1,5-9,11,13,15,24,30,32H,10,12,14H2,2-3H3/t24-/m0/s1. The topological polar surface area (TPSA) is 122 Å². The maximum absolute atomic E-state index is 15.8. The summed E-state index contributed by atoms with van der Waals surface area (Å²) in [4.78, 5) is 18.8. The molecular weight excluding hydrogens is 513 g/mol. The third-order valence-corrected chi connectivity index (χ3v) is 8.69. The number of phenolic OH excluding ortho intramolecular Hbond substituents is 1. The van der Waals surface area contributed by atoms with Crippen molar-refractivity contribution in [2.75, 3.05) is 22.6 Å². The number of hydrogen-bond acceptors (Lipinski definition) is 8. The van der Waals surface area contributed by atoms with Gasteiger partial charge in [0.15, 0.2) is 21.9 Å². The van der Waals surface area contributed by atoms with Crippen LogP contribution in [-0.4, -0.2) is 36.8 Å². The fraction of sp³-hybridized carbons (Fsp3) is 0.259. The largest absolute Gasteiger partial charge is 0.506 e. The van der Waals surface area contributed by atoms with Gasteiger partial charge in [-0.15, -0.1) is 6.42 Å². The number of phenols is 1. The second kappa shape index (κ2) is 9.22. The van der Waals surface area contributed by atoms with E-state index in [1.807, 2.05) is 0 Å². The zero-order valence-electron chi connectivity index (χ0n) is 20.6. The van der Waals surface area contributed by atoms with E-state index in [9.17, 15) is 18.3 Å². The first-order chi connectivity index (χ1) is 18.0. The Hall–Kier alpha value is -4.30. The number of allylic oxidation sites excluding steroid dienone is 1. The summed E-state index contributed by atoms with van der Waals surface area (Å²) in [6.45, 7) is 3.52. The third kappa shape index (κ3) is 4.37. The number of para-hydroxylation sites is 1. The summed E-state index contributed by atoms with van der Waals surface area (Å²) < 4.78 is 53.9. The summed E-state index contributed by atoms with van der Waals surface area (Å²) in [6.07, 6.45) is 7.67. The van der Waals surface area contributed by atoms with E-state index < -0.39 is 33.0 Å². The van der Waals surface area contributed by atoms with Gasteiger partial charge in [0.1, 0.15) is 41.9 Å². The molecule has 0 fully saturated rings. The minimum Gasteiger partial charge on any atom is -0.506 e. The zero-order valence-corrected chi connectivity index (χ0v) is 21.4. The Balaban J connectivity index is 1.83. The highest BCUT2D eigenvalue weighted by Crippen LogP contribution is 2.51. The number of fused-ring (bicyclic) bond motifs is 1. The van der Waals surface area contributed by atoms with E-state index in [4.69, 9.17) is 15.6 Å². The van der Waals surface area contributed by atoms with Gasteiger partial charge in [-0.25, -0.2) is 17.8 Å². The van der Waals surface area contributed by atoms with Crippen LogP contribution in [0.3, 0.4) is 0 Å². The highest BCUT2D eigenvalue weighted by atomic mass is 32.2. The van der Waals surface area contributed by atoms with E-state index in [-0.39, 0.29) is 63.5 Å². The molecule has 0 unspecified atom stereocenters. The van der Waals surface area contributed by atoms with Crippen LogP contribution in [0.4, 0.5) is 15.8 Å². The van der Waals surface area contributed by atoms with Gasteiger partial charge in [-0.3, -0.25) is 9.69 Å². The Labute approximate surface area is 218 Å². The number of amides is 1. The predicted octanol–water partition coefficient (Wildman–Crippen LogP) is 4.40. The van der Waals surface area contributed by atoms with Gasteiger partial charge in [-0.1, -0.05) is 25.8 Å². The normalized spacial score (nSPS) is 19.4. The van der Waals surface area contributed by atoms with Gasteiger partial charge >= 0.3 is 0 Å². The molecule has 2 aliphatic rings. The first kappa shape index (κ1) is 25.4. The van der Waals surface area contributed by atoms with Crippen LogP contribution >= 0.6 is 0 Å². The van der Waals surface area contributed by atoms with Crippen molar-refractivity contribution in [3.05, 3.63) is 76.7 Å². The van der Waals surface area contributed by atoms with Crippen molar-refractivity contribution in [2.45, 2.75) is 26.3 Å². The number of aromatic nitrogens is 1. The lowest BCUT2D eigenvalue weighted by Crippen LogP contribution is -2.41. The molecule has 38 heavy (non-hydrogen) atoms. The molecule has 1 atom stereocenters. The highest BCUT2D eigenvalue weighted by molar-refractivity contribution is 7.95. The van der Waals surface area contributed by atoms with Crippen LogP contribution < -0.4 is 15.0 Å². The third-order valence-electron chi connectivity index (χ3n) is 6.39. The van der Waals surface area contributed by atoms with Crippen LogP contribution in [-0.2, 0) is 9.84 Å². The summed E-state index contributed by atoms with van der Waals surface area (Å²) in [7, 11) is -4.05. The fourth-order valence-corrected chi connectivity index (χ4v) is 7.35. The highest BCUT2D eigenvalue weighted by Gasteiger charge is 2.48. The van der Waals surface area contributed by atoms with Crippen LogP contribution in [0.2, 0.25) is 0 Å². The number of halogens is 1. The van der Waals surface area contributed by atoms with Crippen molar-refractivity contribution >= 4 is 27.1 Å². The number of nitrogens with zero attached hydrogens (tertiary/aromatic N) is 2. The number of carbonyl (C=O) groups excluding carboxylic acids is 1. The van der Waals surface area contributed by atoms with E-state index in [1.165, 1.54) is 30.3 Å². The minimum atomic E-state index is -4.05. The summed E-state index contributed by atoms with van der Waals surface area (Å²) in [6, 6.07) is 6.92. The molecule has 11 heteroatoms. The molecule has 0 saturated carbocycles. The molecule has 0 radical (unpaired) electrons. The summed E-state index contributed by atoms with van der Waals surface area (Å²) in [5.41, 5.74) is -0.383. The van der Waals surface area contributed by atoms with Gasteiger partial charge < -0.3 is 19.6 Å². The average Bonchev–Trinajstić information content (AvgIpc) is 3.32. The number of hydrogen-bond donors (Lipinski definition) is 2. The number of sulfone groups is 1. The molecule has 2 N–H and O–H groups in total. The number of benzene rings is 2. The first-order valence-corrected chi connectivity index (χ1v) is 13.3. The van der Waals surface area contributed by atoms with E-state index in [2.05, 4.69) is 16.2 Å². The lowest BCUT2D eigenvalue weighted by atomic mass is 9.88. The lowest BCUT2D eigenvalue weighted by Gasteiger charge is -2.37. The summed E-state index contributed by atoms with van der Waals surface area (Å²) in [5, 5.41) is 13.9. The van der Waals surface area contributed by atoms with Crippen molar-refractivity contribution in [1.82, 2.24) is 4.98 Å². The van der Waals surface area contributed by atoms with Gasteiger partial charge in [-0.05, 0) is 36.1 Å². The van der Waals surface area contributed by atoms with Crippen molar-refractivity contribution in [3.63, 3.8) is 0 Å². The number of terminal acetylenes is 1. The maximum Gasteiger partial charge on any atom is 0.281 e. The molecule has 9 nitrogen and oxygen atoms in total. The second-order valence-electron chi connectivity index (χ2n) is 9.87. The molecule has 0 spiro atoms. The summed E-state index contributed by atoms with van der Waals surface area (Å²) in [5.74, 6) is 0.443. The van der Waals surface area contributed by atoms with Crippen molar-refractivity contribution in [1.29, 1.82) is 0 Å². The minimum absolute atomic E-state index is 0.0890. The van der Waals surface area contributed by atoms with E-state index in [1.54, 1.807) is 13.8 Å². The number of nitrogens with one attached hydrogen (secondary N) is 1. The number of rotatable bonds is 4. The number of aromatic hydroxyl groups is 1. The van der Waals surface area contributed by atoms with Crippen LogP contribution in [0, 0.1) is 23.6 Å². The Morgan fingerprint density at radius 2 is 2.16 bits per heavy atom. The van der Waals surface area contributed by atoms with Crippen LogP contribution in [0.1, 0.15) is 42.4 Å². The van der Waals surface area contributed by atoms with Crippen molar-refractivity contribution in [2.24, 2.45) is 5.41 Å². The maximum atomic E-state index is 15.8. The van der Waals surface area contributed by atoms with Gasteiger partial charge in [0.05, 0.1) is 16.3 Å². The quantitative estimate of drug-likeness (QED) is 0.371. The van der Waals surface area contributed by atoms with Crippen LogP contribution in [0.25, 0.3) is 0 Å². The summed E-state index contributed by atoms with van der Waals surface area (Å²) >= 11 is 0. The van der Waals surface area contributed by atoms with E-state index >= 15 is 4.39 Å². The first-order valence-electron chi connectivity index (χ1n) is 11.6. The molecule has 0 aliphatic carbocycles. The number of anilines is 2. The Morgan fingerprint density at radius 3 is 2.84 bits per heavy atom. The zero-order chi connectivity index (χ0) is 27.2. The molecule has 0 bridgehead atoms. The molecule has 3 heterocycles. The van der Waals surface area contributed by atoms with E-state index in [0.717, 1.165) is 23.6 Å². The molecule has 1 aromatic heterocycles. The molecule has 1 amide bonds. The van der Waals surface area contributed by atoms with Crippen LogP contribution in [0.5, 0.6) is 11.5 Å². The molecule has 196 valence electrons. The molecule has 2 aromatic carbocycles. The number of carbonyl (C=O) groups is 1. The lowest BCUT2D eigenvalue weighted by molar-refractivity contribution is 0.0975. The monoisotopic (exact) mass is 537 g/mol. The van der Waals surface area contributed by atoms with Crippen molar-refractivity contribution in [3.8, 4) is 23.8 Å². The predicted molar refractivity (Wildman–Crippen MR) is 138 cm³/mol. The average molecular weight is 538 g/mol. The van der Waals surface area contributed by atoms with E-state index in [0.29, 0.717) is 0 Å². The Kier molecular flexibility index (Phi) is 6.15. The van der Waals surface area contributed by atoms with Gasteiger partial charge in [-0.2, -0.15) is 0 Å². The fourth-order valence-electron chi connectivity index (χ4n) is 4.99. The molecule has 2 aliphatic heterocycles. The van der Waals surface area contributed by atoms with Gasteiger partial charge in [0.25, 0.3) is 5.91 Å². The van der Waals surface area contributed by atoms with Crippen molar-refractivity contribution < 1.29 is 31.9 Å². The molecule has 3 aromatic rings. The smallest absolute Gasteiger partial charge is 0.281 e. The Bertz CT molecular complexity index is 1610. The SMILES string of the molecule is C#CCOc1ccc([C@H]2C3=C(CC(C)(C)CS3(=O)=O)Nc3c(O)cccc3N2C(=O)c2cocn2)c(F)c1. The molecule has 0 saturated heterocycles. The number of ether oxygens (including phenoxy) is 1. The Morgan fingerprint density at radius 1 is 1.37 bits per heavy atom.